The average Bonchev–Trinajstić information content (AvgIpc) is 3.12. The highest BCUT2D eigenvalue weighted by Crippen LogP contribution is 2.20. The number of halogens is 2. The van der Waals surface area contributed by atoms with Crippen LogP contribution in [0, 0.1) is 11.6 Å². The summed E-state index contributed by atoms with van der Waals surface area (Å²) in [5.41, 5.74) is -0.186. The third-order valence-electron chi connectivity index (χ3n) is 2.77. The Morgan fingerprint density at radius 1 is 1.22 bits per heavy atom. The summed E-state index contributed by atoms with van der Waals surface area (Å²) in [4.78, 5) is 3.80. The highest BCUT2D eigenvalue weighted by molar-refractivity contribution is 7.91. The second kappa shape index (κ2) is 5.80. The van der Waals surface area contributed by atoms with Crippen LogP contribution in [-0.2, 0) is 15.8 Å². The van der Waals surface area contributed by atoms with E-state index >= 15 is 0 Å². The lowest BCUT2D eigenvalue weighted by atomic mass is 10.2. The third kappa shape index (κ3) is 3.54. The van der Waals surface area contributed by atoms with Gasteiger partial charge in [0.1, 0.15) is 11.6 Å². The number of rotatable bonds is 5. The number of sulfonamides is 1. The molecule has 0 aliphatic heterocycles. The Bertz CT molecular complexity index is 923. The number of aromatic nitrogens is 2. The topological polar surface area (TPSA) is 98.2 Å². The molecule has 7 nitrogen and oxygen atoms in total. The molecular weight excluding hydrogens is 332 g/mol. The van der Waals surface area contributed by atoms with Crippen molar-refractivity contribution in [2.75, 3.05) is 4.72 Å². The van der Waals surface area contributed by atoms with Gasteiger partial charge in [0.2, 0.25) is 10.0 Å². The van der Waals surface area contributed by atoms with Gasteiger partial charge in [0.25, 0.3) is 11.8 Å². The van der Waals surface area contributed by atoms with Crippen LogP contribution >= 0.6 is 0 Å². The van der Waals surface area contributed by atoms with Crippen molar-refractivity contribution in [3.05, 3.63) is 53.8 Å². The lowest BCUT2D eigenvalue weighted by Crippen LogP contribution is -2.16. The molecule has 1 N–H and O–H groups in total. The maximum Gasteiger partial charge on any atom is 0.295 e. The molecule has 3 rings (SSSR count). The highest BCUT2D eigenvalue weighted by atomic mass is 32.2. The monoisotopic (exact) mass is 341 g/mol. The number of hydrogen-bond acceptors (Lipinski definition) is 6. The van der Waals surface area contributed by atoms with E-state index in [9.17, 15) is 17.2 Å². The number of nitrogens with one attached hydrogen (secondary N) is 1. The van der Waals surface area contributed by atoms with E-state index in [2.05, 4.69) is 10.1 Å². The quantitative estimate of drug-likeness (QED) is 0.766. The van der Waals surface area contributed by atoms with E-state index in [1.54, 1.807) is 12.1 Å². The highest BCUT2D eigenvalue weighted by Gasteiger charge is 2.19. The van der Waals surface area contributed by atoms with Gasteiger partial charge in [0, 0.05) is 11.6 Å². The summed E-state index contributed by atoms with van der Waals surface area (Å²) in [6, 6.07) is 5.78. The molecule has 0 aliphatic carbocycles. The first kappa shape index (κ1) is 15.2. The first-order chi connectivity index (χ1) is 10.9. The third-order valence-corrected chi connectivity index (χ3v) is 3.95. The van der Waals surface area contributed by atoms with Crippen molar-refractivity contribution in [2.45, 2.75) is 5.75 Å². The number of benzene rings is 1. The first-order valence-electron chi connectivity index (χ1n) is 6.25. The molecule has 10 heteroatoms. The van der Waals surface area contributed by atoms with E-state index in [1.807, 2.05) is 4.72 Å². The summed E-state index contributed by atoms with van der Waals surface area (Å²) in [6.07, 6.45) is 1.39. The average molecular weight is 341 g/mol. The van der Waals surface area contributed by atoms with E-state index in [0.29, 0.717) is 6.07 Å². The second-order valence-electron chi connectivity index (χ2n) is 4.50. The predicted molar refractivity (Wildman–Crippen MR) is 74.6 cm³/mol. The van der Waals surface area contributed by atoms with Gasteiger partial charge in [-0.1, -0.05) is 6.07 Å². The van der Waals surface area contributed by atoms with Gasteiger partial charge in [-0.15, -0.1) is 0 Å². The Labute approximate surface area is 129 Å². The number of furan rings is 1. The maximum atomic E-state index is 13.5. The van der Waals surface area contributed by atoms with Crippen molar-refractivity contribution >= 4 is 16.0 Å². The Morgan fingerprint density at radius 2 is 2.04 bits per heavy atom. The minimum Gasteiger partial charge on any atom is -0.459 e. The minimum absolute atomic E-state index is 0.0133. The van der Waals surface area contributed by atoms with Crippen molar-refractivity contribution < 1.29 is 26.1 Å². The fourth-order valence-electron chi connectivity index (χ4n) is 1.78. The second-order valence-corrected chi connectivity index (χ2v) is 6.22. The van der Waals surface area contributed by atoms with Crippen molar-refractivity contribution in [1.29, 1.82) is 0 Å². The van der Waals surface area contributed by atoms with Crippen LogP contribution in [0.15, 0.2) is 45.5 Å². The molecule has 0 amide bonds. The molecule has 0 unspecified atom stereocenters. The van der Waals surface area contributed by atoms with Crippen LogP contribution in [0.25, 0.3) is 11.7 Å². The van der Waals surface area contributed by atoms with Gasteiger partial charge >= 0.3 is 0 Å². The Balaban J connectivity index is 1.76. The largest absolute Gasteiger partial charge is 0.459 e. The lowest BCUT2D eigenvalue weighted by Gasteiger charge is -2.05. The SMILES string of the molecule is O=S(=O)(Cc1ccc(F)cc1F)Nc1noc(-c2ccco2)n1. The van der Waals surface area contributed by atoms with Crippen LogP contribution in [0.1, 0.15) is 5.56 Å². The maximum absolute atomic E-state index is 13.5. The molecule has 2 heterocycles. The molecule has 0 saturated carbocycles. The van der Waals surface area contributed by atoms with Gasteiger partial charge < -0.3 is 8.94 Å². The Hall–Kier alpha value is -2.75. The van der Waals surface area contributed by atoms with Gasteiger partial charge in [-0.2, -0.15) is 4.98 Å². The summed E-state index contributed by atoms with van der Waals surface area (Å²) in [5.74, 6) is -2.52. The van der Waals surface area contributed by atoms with E-state index in [0.717, 1.165) is 12.1 Å². The van der Waals surface area contributed by atoms with Crippen molar-refractivity contribution in [2.24, 2.45) is 0 Å². The molecular formula is C13H9F2N3O4S. The fraction of sp³-hybridized carbons (Fsp3) is 0.0769. The van der Waals surface area contributed by atoms with E-state index in [1.165, 1.54) is 6.26 Å². The van der Waals surface area contributed by atoms with Gasteiger partial charge in [-0.05, 0) is 23.4 Å². The molecule has 0 bridgehead atoms. The van der Waals surface area contributed by atoms with Crippen LogP contribution < -0.4 is 4.72 Å². The first-order valence-corrected chi connectivity index (χ1v) is 7.90. The molecule has 0 fully saturated rings. The zero-order valence-electron chi connectivity index (χ0n) is 11.4. The van der Waals surface area contributed by atoms with Crippen molar-refractivity contribution in [3.63, 3.8) is 0 Å². The number of nitrogens with zero attached hydrogens (tertiary/aromatic N) is 2. The van der Waals surface area contributed by atoms with Gasteiger partial charge in [-0.25, -0.2) is 21.9 Å². The fourth-order valence-corrected chi connectivity index (χ4v) is 2.86. The van der Waals surface area contributed by atoms with Crippen LogP contribution in [-0.4, -0.2) is 18.6 Å². The number of anilines is 1. The minimum atomic E-state index is -4.01. The lowest BCUT2D eigenvalue weighted by molar-refractivity contribution is 0.417. The summed E-state index contributed by atoms with van der Waals surface area (Å²) in [5, 5.41) is 3.45. The molecule has 3 aromatic rings. The van der Waals surface area contributed by atoms with Crippen molar-refractivity contribution in [1.82, 2.24) is 10.1 Å². The van der Waals surface area contributed by atoms with Crippen LogP contribution in [0.2, 0.25) is 0 Å². The normalized spacial score (nSPS) is 11.6. The predicted octanol–water partition coefficient (Wildman–Crippen LogP) is 2.55. The standard InChI is InChI=1S/C13H9F2N3O4S/c14-9-4-3-8(10(15)6-9)7-23(19,20)18-13-16-12(22-17-13)11-2-1-5-21-11/h1-6H,7H2,(H,17,18). The summed E-state index contributed by atoms with van der Waals surface area (Å²) >= 11 is 0. The zero-order chi connectivity index (χ0) is 16.4. The van der Waals surface area contributed by atoms with E-state index < -0.39 is 27.4 Å². The smallest absolute Gasteiger partial charge is 0.295 e. The van der Waals surface area contributed by atoms with Crippen LogP contribution in [0.3, 0.4) is 0 Å². The van der Waals surface area contributed by atoms with Crippen molar-refractivity contribution in [3.8, 4) is 11.7 Å². The Morgan fingerprint density at radius 3 is 2.74 bits per heavy atom. The van der Waals surface area contributed by atoms with Gasteiger partial charge in [0.15, 0.2) is 5.76 Å². The molecule has 0 atom stereocenters. The Kier molecular flexibility index (Phi) is 3.82. The molecule has 0 radical (unpaired) electrons. The van der Waals surface area contributed by atoms with Gasteiger partial charge in [0.05, 0.1) is 12.0 Å². The molecule has 23 heavy (non-hydrogen) atoms. The molecule has 0 spiro atoms. The zero-order valence-corrected chi connectivity index (χ0v) is 12.2. The van der Waals surface area contributed by atoms with Gasteiger partial charge in [-0.3, -0.25) is 0 Å². The summed E-state index contributed by atoms with van der Waals surface area (Å²) in [7, 11) is -4.01. The summed E-state index contributed by atoms with van der Waals surface area (Å²) in [6.45, 7) is 0. The van der Waals surface area contributed by atoms with Crippen LogP contribution in [0.4, 0.5) is 14.7 Å². The molecule has 120 valence electrons. The molecule has 1 aromatic carbocycles. The van der Waals surface area contributed by atoms with E-state index in [-0.39, 0.29) is 23.2 Å². The van der Waals surface area contributed by atoms with E-state index in [4.69, 9.17) is 8.94 Å². The molecule has 2 aromatic heterocycles. The number of hydrogen-bond donors (Lipinski definition) is 1. The van der Waals surface area contributed by atoms with Crippen LogP contribution in [0.5, 0.6) is 0 Å². The molecule has 0 saturated heterocycles. The molecule has 0 aliphatic rings. The summed E-state index contributed by atoms with van der Waals surface area (Å²) < 4.78 is 62.2.